The van der Waals surface area contributed by atoms with E-state index in [1.54, 1.807) is 0 Å². The molecule has 0 saturated heterocycles. The highest BCUT2D eigenvalue weighted by Crippen LogP contribution is 2.34. The van der Waals surface area contributed by atoms with E-state index in [4.69, 9.17) is 22.1 Å². The average Bonchev–Trinajstić information content (AvgIpc) is 2.28. The van der Waals surface area contributed by atoms with Crippen LogP contribution in [0.4, 0.5) is 10.1 Å². The number of ether oxygens (including phenoxy) is 1. The third kappa shape index (κ3) is 2.68. The van der Waals surface area contributed by atoms with E-state index in [1.165, 1.54) is 30.6 Å². The Hall–Kier alpha value is -1.33. The van der Waals surface area contributed by atoms with Crippen molar-refractivity contribution in [3.63, 3.8) is 0 Å². The fraction of sp³-hybridized carbons (Fsp3) is 0. The molecule has 0 aliphatic carbocycles. The molecule has 0 fully saturated rings. The molecule has 0 spiro atoms. The van der Waals surface area contributed by atoms with Crippen LogP contribution in [0.1, 0.15) is 0 Å². The summed E-state index contributed by atoms with van der Waals surface area (Å²) in [7, 11) is 0. The summed E-state index contributed by atoms with van der Waals surface area (Å²) in [5, 5.41) is 0.297. The van der Waals surface area contributed by atoms with Gasteiger partial charge in [0.05, 0.1) is 16.4 Å². The Labute approximate surface area is 110 Å². The molecule has 2 rings (SSSR count). The molecule has 2 aromatic rings. The second-order valence-corrected chi connectivity index (χ2v) is 4.48. The lowest BCUT2D eigenvalue weighted by Crippen LogP contribution is -1.94. The van der Waals surface area contributed by atoms with Crippen molar-refractivity contribution < 1.29 is 9.13 Å². The van der Waals surface area contributed by atoms with Crippen LogP contribution in [0.3, 0.4) is 0 Å². The molecule has 0 amide bonds. The van der Waals surface area contributed by atoms with E-state index in [-0.39, 0.29) is 5.82 Å². The van der Waals surface area contributed by atoms with Gasteiger partial charge in [0, 0.05) is 6.20 Å². The van der Waals surface area contributed by atoms with Gasteiger partial charge in [0.25, 0.3) is 0 Å². The minimum atomic E-state index is -0.369. The number of nitrogens with two attached hydrogens (primary N) is 1. The van der Waals surface area contributed by atoms with Crippen LogP contribution in [0.2, 0.25) is 5.02 Å². The number of rotatable bonds is 2. The monoisotopic (exact) mass is 316 g/mol. The molecule has 0 aliphatic heterocycles. The molecular weight excluding hydrogens is 310 g/mol. The minimum absolute atomic E-state index is 0.297. The van der Waals surface area contributed by atoms with Crippen molar-refractivity contribution >= 4 is 33.2 Å². The van der Waals surface area contributed by atoms with Crippen LogP contribution >= 0.6 is 27.5 Å². The summed E-state index contributed by atoms with van der Waals surface area (Å²) in [5.41, 5.74) is 6.00. The van der Waals surface area contributed by atoms with Gasteiger partial charge >= 0.3 is 0 Å². The van der Waals surface area contributed by atoms with E-state index < -0.39 is 0 Å². The minimum Gasteiger partial charge on any atom is -0.453 e. The third-order valence-corrected chi connectivity index (χ3v) is 2.87. The normalized spacial score (nSPS) is 10.3. The SMILES string of the molecule is Nc1cncc(Cl)c1Oc1ccc(F)c(Br)c1. The zero-order valence-electron chi connectivity index (χ0n) is 8.45. The van der Waals surface area contributed by atoms with E-state index in [1.807, 2.05) is 0 Å². The zero-order chi connectivity index (χ0) is 12.4. The van der Waals surface area contributed by atoms with Gasteiger partial charge < -0.3 is 10.5 Å². The van der Waals surface area contributed by atoms with Crippen molar-refractivity contribution in [1.82, 2.24) is 4.98 Å². The smallest absolute Gasteiger partial charge is 0.172 e. The highest BCUT2D eigenvalue weighted by molar-refractivity contribution is 9.10. The highest BCUT2D eigenvalue weighted by Gasteiger charge is 2.09. The molecular formula is C11H7BrClFN2O. The van der Waals surface area contributed by atoms with Gasteiger partial charge in [-0.15, -0.1) is 0 Å². The predicted octanol–water partition coefficient (Wildman–Crippen LogP) is 4.01. The summed E-state index contributed by atoms with van der Waals surface area (Å²) in [6.45, 7) is 0. The number of halogens is 3. The Balaban J connectivity index is 2.35. The van der Waals surface area contributed by atoms with Gasteiger partial charge in [-0.1, -0.05) is 11.6 Å². The van der Waals surface area contributed by atoms with Gasteiger partial charge in [0.2, 0.25) is 0 Å². The summed E-state index contributed by atoms with van der Waals surface area (Å²) in [6, 6.07) is 4.26. The Kier molecular flexibility index (Phi) is 3.49. The highest BCUT2D eigenvalue weighted by atomic mass is 79.9. The Morgan fingerprint density at radius 2 is 2.12 bits per heavy atom. The lowest BCUT2D eigenvalue weighted by Gasteiger charge is -2.09. The second kappa shape index (κ2) is 4.89. The van der Waals surface area contributed by atoms with Crippen molar-refractivity contribution in [1.29, 1.82) is 0 Å². The molecule has 88 valence electrons. The largest absolute Gasteiger partial charge is 0.453 e. The van der Waals surface area contributed by atoms with Gasteiger partial charge in [-0.3, -0.25) is 4.98 Å². The molecule has 0 saturated carbocycles. The van der Waals surface area contributed by atoms with Crippen LogP contribution in [0.25, 0.3) is 0 Å². The number of hydrogen-bond acceptors (Lipinski definition) is 3. The number of aromatic nitrogens is 1. The zero-order valence-corrected chi connectivity index (χ0v) is 10.8. The fourth-order valence-electron chi connectivity index (χ4n) is 1.20. The first-order valence-corrected chi connectivity index (χ1v) is 5.77. The number of nitrogen functional groups attached to an aromatic ring is 1. The van der Waals surface area contributed by atoms with Crippen molar-refractivity contribution in [3.8, 4) is 11.5 Å². The second-order valence-electron chi connectivity index (χ2n) is 3.22. The molecule has 6 heteroatoms. The number of benzene rings is 1. The first kappa shape index (κ1) is 12.1. The molecule has 1 heterocycles. The predicted molar refractivity (Wildman–Crippen MR) is 67.8 cm³/mol. The summed E-state index contributed by atoms with van der Waals surface area (Å²) in [6.07, 6.45) is 2.85. The maximum absolute atomic E-state index is 13.0. The first-order chi connectivity index (χ1) is 8.08. The molecule has 17 heavy (non-hydrogen) atoms. The molecule has 0 unspecified atom stereocenters. The molecule has 0 aliphatic rings. The standard InChI is InChI=1S/C11H7BrClFN2O/c12-7-3-6(1-2-9(7)14)17-11-8(13)4-16-5-10(11)15/h1-5H,15H2. The molecule has 3 nitrogen and oxygen atoms in total. The van der Waals surface area contributed by atoms with Crippen LogP contribution in [0, 0.1) is 5.82 Å². The number of pyridine rings is 1. The lowest BCUT2D eigenvalue weighted by molar-refractivity contribution is 0.482. The van der Waals surface area contributed by atoms with Gasteiger partial charge in [0.1, 0.15) is 16.6 Å². The van der Waals surface area contributed by atoms with Gasteiger partial charge in [-0.25, -0.2) is 4.39 Å². The third-order valence-electron chi connectivity index (χ3n) is 1.99. The van der Waals surface area contributed by atoms with Crippen LogP contribution in [0.5, 0.6) is 11.5 Å². The summed E-state index contributed by atoms with van der Waals surface area (Å²) in [5.74, 6) is 0.365. The van der Waals surface area contributed by atoms with E-state index >= 15 is 0 Å². The van der Waals surface area contributed by atoms with Crippen molar-refractivity contribution in [2.75, 3.05) is 5.73 Å². The summed E-state index contributed by atoms with van der Waals surface area (Å²) >= 11 is 8.96. The molecule has 1 aromatic heterocycles. The molecule has 0 bridgehead atoms. The fourth-order valence-corrected chi connectivity index (χ4v) is 1.77. The Morgan fingerprint density at radius 3 is 2.76 bits per heavy atom. The maximum Gasteiger partial charge on any atom is 0.172 e. The summed E-state index contributed by atoms with van der Waals surface area (Å²) in [4.78, 5) is 3.81. The Morgan fingerprint density at radius 1 is 1.35 bits per heavy atom. The van der Waals surface area contributed by atoms with E-state index in [0.717, 1.165) is 0 Å². The van der Waals surface area contributed by atoms with Gasteiger partial charge in [0.15, 0.2) is 5.75 Å². The number of nitrogens with zero attached hydrogens (tertiary/aromatic N) is 1. The first-order valence-electron chi connectivity index (χ1n) is 4.60. The van der Waals surface area contributed by atoms with Crippen LogP contribution in [-0.4, -0.2) is 4.98 Å². The van der Waals surface area contributed by atoms with E-state index in [9.17, 15) is 4.39 Å². The summed E-state index contributed by atoms with van der Waals surface area (Å²) < 4.78 is 18.8. The van der Waals surface area contributed by atoms with Crippen molar-refractivity contribution in [3.05, 3.63) is 45.9 Å². The van der Waals surface area contributed by atoms with Gasteiger partial charge in [-0.05, 0) is 34.1 Å². The van der Waals surface area contributed by atoms with E-state index in [0.29, 0.717) is 26.7 Å². The van der Waals surface area contributed by atoms with E-state index in [2.05, 4.69) is 20.9 Å². The number of hydrogen-bond donors (Lipinski definition) is 1. The van der Waals surface area contributed by atoms with Gasteiger partial charge in [-0.2, -0.15) is 0 Å². The van der Waals surface area contributed by atoms with Crippen molar-refractivity contribution in [2.45, 2.75) is 0 Å². The molecule has 0 radical (unpaired) electrons. The average molecular weight is 318 g/mol. The van der Waals surface area contributed by atoms with Crippen LogP contribution in [-0.2, 0) is 0 Å². The lowest BCUT2D eigenvalue weighted by atomic mass is 10.3. The quantitative estimate of drug-likeness (QED) is 0.910. The maximum atomic E-state index is 13.0. The topological polar surface area (TPSA) is 48.1 Å². The molecule has 2 N–H and O–H groups in total. The molecule has 1 aromatic carbocycles. The van der Waals surface area contributed by atoms with Crippen LogP contribution in [0.15, 0.2) is 35.1 Å². The number of anilines is 1. The Bertz CT molecular complexity index is 545. The van der Waals surface area contributed by atoms with Crippen LogP contribution < -0.4 is 10.5 Å². The van der Waals surface area contributed by atoms with Crippen molar-refractivity contribution in [2.24, 2.45) is 0 Å². The molecule has 0 atom stereocenters.